The molecule has 0 radical (unpaired) electrons. The fraction of sp³-hybridized carbons (Fsp3) is 0. The van der Waals surface area contributed by atoms with E-state index in [2.05, 4.69) is 14.7 Å². The number of benzene rings is 2. The van der Waals surface area contributed by atoms with E-state index in [4.69, 9.17) is 23.2 Å². The van der Waals surface area contributed by atoms with Crippen molar-refractivity contribution < 1.29 is 8.42 Å². The first-order chi connectivity index (χ1) is 9.94. The highest BCUT2D eigenvalue weighted by atomic mass is 35.5. The number of sulfonamides is 1. The number of aromatic amines is 1. The van der Waals surface area contributed by atoms with E-state index in [-0.39, 0.29) is 5.16 Å². The van der Waals surface area contributed by atoms with Crippen LogP contribution in [0.2, 0.25) is 10.0 Å². The minimum atomic E-state index is -3.80. The molecule has 0 fully saturated rings. The van der Waals surface area contributed by atoms with Crippen LogP contribution in [0.4, 0.5) is 5.69 Å². The van der Waals surface area contributed by atoms with E-state index in [1.807, 2.05) is 0 Å². The third-order valence-electron chi connectivity index (χ3n) is 2.77. The minimum absolute atomic E-state index is 0.172. The number of rotatable bonds is 3. The Labute approximate surface area is 131 Å². The Bertz CT molecular complexity index is 905. The van der Waals surface area contributed by atoms with Crippen LogP contribution < -0.4 is 4.72 Å². The van der Waals surface area contributed by atoms with E-state index in [1.54, 1.807) is 42.5 Å². The summed E-state index contributed by atoms with van der Waals surface area (Å²) >= 11 is 11.6. The molecule has 0 aliphatic heterocycles. The fourth-order valence-corrected chi connectivity index (χ4v) is 3.11. The van der Waals surface area contributed by atoms with Crippen molar-refractivity contribution in [3.8, 4) is 0 Å². The van der Waals surface area contributed by atoms with Gasteiger partial charge in [0.25, 0.3) is 10.0 Å². The average molecular weight is 342 g/mol. The van der Waals surface area contributed by atoms with Crippen LogP contribution in [-0.4, -0.2) is 18.4 Å². The van der Waals surface area contributed by atoms with Crippen LogP contribution in [0, 0.1) is 0 Å². The summed E-state index contributed by atoms with van der Waals surface area (Å²) < 4.78 is 27.0. The molecule has 2 N–H and O–H groups in total. The monoisotopic (exact) mass is 341 g/mol. The highest BCUT2D eigenvalue weighted by Gasteiger charge is 2.19. The Morgan fingerprint density at radius 1 is 1.00 bits per heavy atom. The molecule has 8 heteroatoms. The first-order valence-corrected chi connectivity index (χ1v) is 8.12. The van der Waals surface area contributed by atoms with Gasteiger partial charge in [0, 0.05) is 15.7 Å². The number of hydrogen-bond acceptors (Lipinski definition) is 3. The van der Waals surface area contributed by atoms with Crippen molar-refractivity contribution >= 4 is 49.9 Å². The maximum atomic E-state index is 12.3. The molecular formula is C13H9Cl2N3O2S. The summed E-state index contributed by atoms with van der Waals surface area (Å²) in [5, 5.41) is 0.854. The zero-order valence-corrected chi connectivity index (χ0v) is 12.8. The van der Waals surface area contributed by atoms with Crippen molar-refractivity contribution in [1.82, 2.24) is 9.97 Å². The van der Waals surface area contributed by atoms with Crippen molar-refractivity contribution in [1.29, 1.82) is 0 Å². The molecule has 0 aliphatic carbocycles. The van der Waals surface area contributed by atoms with Gasteiger partial charge in [-0.1, -0.05) is 23.2 Å². The molecular weight excluding hydrogens is 333 g/mol. The number of nitrogens with one attached hydrogen (secondary N) is 2. The molecule has 1 aromatic heterocycles. The van der Waals surface area contributed by atoms with Gasteiger partial charge in [0.05, 0.1) is 11.0 Å². The lowest BCUT2D eigenvalue weighted by Crippen LogP contribution is -2.14. The molecule has 3 rings (SSSR count). The summed E-state index contributed by atoms with van der Waals surface area (Å²) in [4.78, 5) is 6.78. The van der Waals surface area contributed by atoms with E-state index in [1.165, 1.54) is 0 Å². The third kappa shape index (κ3) is 2.97. The van der Waals surface area contributed by atoms with Gasteiger partial charge in [-0.3, -0.25) is 4.72 Å². The maximum Gasteiger partial charge on any atom is 0.295 e. The summed E-state index contributed by atoms with van der Waals surface area (Å²) in [7, 11) is -3.80. The lowest BCUT2D eigenvalue weighted by atomic mass is 10.3. The average Bonchev–Trinajstić information content (AvgIpc) is 2.85. The molecule has 0 amide bonds. The lowest BCUT2D eigenvalue weighted by Gasteiger charge is -2.05. The molecule has 2 aromatic carbocycles. The highest BCUT2D eigenvalue weighted by Crippen LogP contribution is 2.21. The Balaban J connectivity index is 1.97. The highest BCUT2D eigenvalue weighted by molar-refractivity contribution is 7.92. The number of aromatic nitrogens is 2. The maximum absolute atomic E-state index is 12.3. The number of hydrogen-bond donors (Lipinski definition) is 2. The zero-order valence-electron chi connectivity index (χ0n) is 10.5. The van der Waals surface area contributed by atoms with Gasteiger partial charge in [0.2, 0.25) is 5.16 Å². The van der Waals surface area contributed by atoms with Gasteiger partial charge >= 0.3 is 0 Å². The number of H-pyrrole nitrogens is 1. The van der Waals surface area contributed by atoms with Crippen LogP contribution in [0.25, 0.3) is 11.0 Å². The number of imidazole rings is 1. The largest absolute Gasteiger partial charge is 0.327 e. The topological polar surface area (TPSA) is 74.8 Å². The minimum Gasteiger partial charge on any atom is -0.327 e. The molecule has 21 heavy (non-hydrogen) atoms. The van der Waals surface area contributed by atoms with Gasteiger partial charge in [-0.05, 0) is 42.5 Å². The Hall–Kier alpha value is -1.76. The molecule has 3 aromatic rings. The van der Waals surface area contributed by atoms with Gasteiger partial charge in [-0.25, -0.2) is 4.98 Å². The van der Waals surface area contributed by atoms with Crippen molar-refractivity contribution in [2.24, 2.45) is 0 Å². The van der Waals surface area contributed by atoms with Crippen molar-refractivity contribution in [3.05, 3.63) is 52.5 Å². The van der Waals surface area contributed by atoms with Crippen LogP contribution in [-0.2, 0) is 10.0 Å². The van der Waals surface area contributed by atoms with Crippen LogP contribution >= 0.6 is 23.2 Å². The molecule has 0 atom stereocenters. The normalized spacial score (nSPS) is 11.7. The van der Waals surface area contributed by atoms with E-state index in [0.29, 0.717) is 26.8 Å². The molecule has 1 heterocycles. The summed E-state index contributed by atoms with van der Waals surface area (Å²) in [5.41, 5.74) is 1.48. The zero-order chi connectivity index (χ0) is 15.0. The second-order valence-corrected chi connectivity index (χ2v) is 6.79. The van der Waals surface area contributed by atoms with Gasteiger partial charge in [0.15, 0.2) is 0 Å². The molecule has 0 aliphatic rings. The third-order valence-corrected chi connectivity index (χ3v) is 4.47. The van der Waals surface area contributed by atoms with Crippen molar-refractivity contribution in [2.75, 3.05) is 4.72 Å². The molecule has 0 bridgehead atoms. The molecule has 5 nitrogen and oxygen atoms in total. The number of nitrogens with zero attached hydrogens (tertiary/aromatic N) is 1. The van der Waals surface area contributed by atoms with Gasteiger partial charge in [-0.15, -0.1) is 0 Å². The van der Waals surface area contributed by atoms with E-state index in [9.17, 15) is 8.42 Å². The van der Waals surface area contributed by atoms with Crippen molar-refractivity contribution in [2.45, 2.75) is 5.16 Å². The predicted molar refractivity (Wildman–Crippen MR) is 83.4 cm³/mol. The second-order valence-electron chi connectivity index (χ2n) is 4.32. The summed E-state index contributed by atoms with van der Waals surface area (Å²) in [6.45, 7) is 0. The van der Waals surface area contributed by atoms with E-state index < -0.39 is 10.0 Å². The van der Waals surface area contributed by atoms with Crippen LogP contribution in [0.3, 0.4) is 0 Å². The number of halogens is 2. The summed E-state index contributed by atoms with van der Waals surface area (Å²) in [6.07, 6.45) is 0. The molecule has 0 saturated heterocycles. The Morgan fingerprint density at radius 2 is 1.67 bits per heavy atom. The van der Waals surface area contributed by atoms with E-state index >= 15 is 0 Å². The molecule has 0 saturated carbocycles. The van der Waals surface area contributed by atoms with Crippen LogP contribution in [0.5, 0.6) is 0 Å². The van der Waals surface area contributed by atoms with E-state index in [0.717, 1.165) is 0 Å². The second kappa shape index (κ2) is 5.22. The standard InChI is InChI=1S/C13H9Cl2N3O2S/c14-8-1-4-10(5-2-8)18-21(19,20)13-16-11-6-3-9(15)7-12(11)17-13/h1-7,18H,(H,16,17). The Morgan fingerprint density at radius 3 is 2.38 bits per heavy atom. The number of fused-ring (bicyclic) bond motifs is 1. The van der Waals surface area contributed by atoms with Crippen molar-refractivity contribution in [3.63, 3.8) is 0 Å². The first-order valence-electron chi connectivity index (χ1n) is 5.88. The lowest BCUT2D eigenvalue weighted by molar-refractivity contribution is 0.594. The van der Waals surface area contributed by atoms with Gasteiger partial charge < -0.3 is 4.98 Å². The summed E-state index contributed by atoms with van der Waals surface area (Å²) in [5.74, 6) is 0. The fourth-order valence-electron chi connectivity index (χ4n) is 1.81. The molecule has 0 unspecified atom stereocenters. The predicted octanol–water partition coefficient (Wildman–Crippen LogP) is 3.67. The number of anilines is 1. The van der Waals surface area contributed by atoms with Crippen LogP contribution in [0.15, 0.2) is 47.6 Å². The molecule has 108 valence electrons. The summed E-state index contributed by atoms with van der Waals surface area (Å²) in [6, 6.07) is 11.2. The smallest absolute Gasteiger partial charge is 0.295 e. The Kier molecular flexibility index (Phi) is 3.52. The quantitative estimate of drug-likeness (QED) is 0.763. The van der Waals surface area contributed by atoms with Gasteiger partial charge in [-0.2, -0.15) is 8.42 Å². The van der Waals surface area contributed by atoms with Crippen LogP contribution in [0.1, 0.15) is 0 Å². The SMILES string of the molecule is O=S(=O)(Nc1ccc(Cl)cc1)c1nc2ccc(Cl)cc2[nH]1. The van der Waals surface area contributed by atoms with Gasteiger partial charge in [0.1, 0.15) is 0 Å². The first kappa shape index (κ1) is 14.2. The molecule has 0 spiro atoms.